The number of fused-ring (bicyclic) bond motifs is 6. The molecule has 0 saturated carbocycles. The monoisotopic (exact) mass is 602 g/mol. The van der Waals surface area contributed by atoms with Crippen LogP contribution in [0.25, 0.3) is 44.2 Å². The summed E-state index contributed by atoms with van der Waals surface area (Å²) >= 11 is 0. The highest BCUT2D eigenvalue weighted by atomic mass is 16.7. The number of methoxy groups -OCH3 is 2. The van der Waals surface area contributed by atoms with Gasteiger partial charge in [-0.2, -0.15) is 4.57 Å². The first-order valence-electron chi connectivity index (χ1n) is 14.5. The lowest BCUT2D eigenvalue weighted by molar-refractivity contribution is -0.686. The second-order valence-electron chi connectivity index (χ2n) is 11.0. The van der Waals surface area contributed by atoms with Crippen molar-refractivity contribution in [3.63, 3.8) is 0 Å². The zero-order valence-electron chi connectivity index (χ0n) is 24.6. The van der Waals surface area contributed by atoms with Gasteiger partial charge in [-0.05, 0) is 47.5 Å². The maximum absolute atomic E-state index is 11.3. The van der Waals surface area contributed by atoms with Gasteiger partial charge in [0.05, 0.1) is 30.1 Å². The van der Waals surface area contributed by atoms with E-state index in [1.54, 1.807) is 26.4 Å². The van der Waals surface area contributed by atoms with E-state index in [1.807, 2.05) is 48.5 Å². The molecule has 0 radical (unpaired) electrons. The quantitative estimate of drug-likeness (QED) is 0.123. The lowest BCUT2D eigenvalue weighted by atomic mass is 9.94. The van der Waals surface area contributed by atoms with Gasteiger partial charge in [-0.15, -0.1) is 0 Å². The van der Waals surface area contributed by atoms with Crippen molar-refractivity contribution >= 4 is 27.4 Å². The average Bonchev–Trinajstić information content (AvgIpc) is 3.71. The van der Waals surface area contributed by atoms with Crippen molar-refractivity contribution in [1.29, 1.82) is 0 Å². The molecule has 0 aliphatic carbocycles. The number of nitro benzene ring substituents is 1. The van der Waals surface area contributed by atoms with Crippen LogP contribution >= 0.6 is 0 Å². The summed E-state index contributed by atoms with van der Waals surface area (Å²) in [5.74, 6) is 3.47. The fraction of sp³-hybridized carbons (Fsp3) is 0.171. The van der Waals surface area contributed by atoms with Gasteiger partial charge in [-0.3, -0.25) is 10.1 Å². The van der Waals surface area contributed by atoms with Gasteiger partial charge in [-0.25, -0.2) is 0 Å². The van der Waals surface area contributed by atoms with E-state index in [2.05, 4.69) is 21.8 Å². The Morgan fingerprint density at radius 1 is 0.911 bits per heavy atom. The number of rotatable bonds is 7. The van der Waals surface area contributed by atoms with Crippen molar-refractivity contribution in [1.82, 2.24) is 4.98 Å². The van der Waals surface area contributed by atoms with Crippen molar-refractivity contribution in [2.24, 2.45) is 0 Å². The van der Waals surface area contributed by atoms with Crippen LogP contribution in [-0.4, -0.2) is 30.9 Å². The predicted octanol–water partition coefficient (Wildman–Crippen LogP) is 6.73. The first kappa shape index (κ1) is 26.8. The summed E-state index contributed by atoms with van der Waals surface area (Å²) in [6, 6.07) is 22.8. The van der Waals surface area contributed by atoms with Gasteiger partial charge in [0.25, 0.3) is 11.4 Å². The molecule has 4 aromatic carbocycles. The second kappa shape index (κ2) is 10.4. The van der Waals surface area contributed by atoms with Crippen LogP contribution in [0.3, 0.4) is 0 Å². The number of nitrogens with zero attached hydrogens (tertiary/aromatic N) is 2. The van der Waals surface area contributed by atoms with Gasteiger partial charge in [0.2, 0.25) is 6.79 Å². The largest absolute Gasteiger partial charge is 0.493 e. The number of ether oxygens (including phenoxy) is 5. The Labute approximate surface area is 257 Å². The maximum Gasteiger partial charge on any atom is 0.270 e. The van der Waals surface area contributed by atoms with Crippen LogP contribution in [-0.2, 0) is 19.6 Å². The number of pyridine rings is 1. The van der Waals surface area contributed by atoms with Crippen LogP contribution in [0.4, 0.5) is 5.69 Å². The molecule has 10 nitrogen and oxygen atoms in total. The molecule has 0 atom stereocenters. The topological polar surface area (TPSA) is 109 Å². The molecule has 2 aliphatic heterocycles. The number of benzene rings is 4. The van der Waals surface area contributed by atoms with Crippen molar-refractivity contribution in [3.8, 4) is 51.3 Å². The molecule has 224 valence electrons. The maximum atomic E-state index is 11.3. The number of hydrogen-bond acceptors (Lipinski definition) is 7. The Hall–Kier alpha value is -5.77. The van der Waals surface area contributed by atoms with Crippen molar-refractivity contribution in [2.45, 2.75) is 19.6 Å². The molecular formula is C35H28N3O7+. The second-order valence-corrected chi connectivity index (χ2v) is 11.0. The van der Waals surface area contributed by atoms with E-state index in [0.29, 0.717) is 17.2 Å². The molecular weight excluding hydrogens is 574 g/mol. The average molecular weight is 603 g/mol. The van der Waals surface area contributed by atoms with Crippen LogP contribution < -0.4 is 28.3 Å². The molecule has 1 N–H and O–H groups in total. The summed E-state index contributed by atoms with van der Waals surface area (Å²) in [5.41, 5.74) is 6.77. The summed E-state index contributed by atoms with van der Waals surface area (Å²) in [5, 5.41) is 13.9. The lowest BCUT2D eigenvalue weighted by Gasteiger charge is -2.21. The molecule has 8 rings (SSSR count). The van der Waals surface area contributed by atoms with E-state index >= 15 is 0 Å². The third-order valence-electron chi connectivity index (χ3n) is 8.59. The summed E-state index contributed by atoms with van der Waals surface area (Å²) in [4.78, 5) is 14.4. The standard InChI is InChI=1S/C35H28N3O7/c1-41-30-10-8-25-27(34(30)42-2)17-37-12-11-20-15-31-32(45-19-44-31)16-26(20)33(37)35(25)43-18-21-5-3-4-6-24(21)29-14-22-13-23(38(39)40)7-9-28(22)36-29/h3-10,13-17,36H,11-12,18-19H2,1-2H3/q+1. The van der Waals surface area contributed by atoms with E-state index in [9.17, 15) is 10.1 Å². The number of H-pyrrole nitrogens is 1. The number of aryl methyl sites for hydroxylation is 2. The molecule has 0 saturated heterocycles. The Morgan fingerprint density at radius 3 is 2.58 bits per heavy atom. The normalized spacial score (nSPS) is 13.0. The highest BCUT2D eigenvalue weighted by molar-refractivity contribution is 5.97. The van der Waals surface area contributed by atoms with Gasteiger partial charge in [0, 0.05) is 46.1 Å². The number of aromatic amines is 1. The molecule has 45 heavy (non-hydrogen) atoms. The minimum Gasteiger partial charge on any atom is -0.493 e. The summed E-state index contributed by atoms with van der Waals surface area (Å²) in [7, 11) is 3.27. The number of non-ortho nitro benzene ring substituents is 1. The van der Waals surface area contributed by atoms with Crippen molar-refractivity contribution in [2.75, 3.05) is 21.0 Å². The Balaban J connectivity index is 1.26. The van der Waals surface area contributed by atoms with E-state index in [1.165, 1.54) is 6.07 Å². The summed E-state index contributed by atoms with van der Waals surface area (Å²) < 4.78 is 32.0. The predicted molar refractivity (Wildman–Crippen MR) is 167 cm³/mol. The minimum atomic E-state index is -0.382. The van der Waals surface area contributed by atoms with Gasteiger partial charge >= 0.3 is 0 Å². The van der Waals surface area contributed by atoms with Crippen LogP contribution in [0.2, 0.25) is 0 Å². The zero-order valence-corrected chi connectivity index (χ0v) is 24.6. The first-order chi connectivity index (χ1) is 22.0. The Kier molecular flexibility index (Phi) is 6.23. The number of nitrogens with one attached hydrogen (secondary N) is 1. The van der Waals surface area contributed by atoms with Crippen LogP contribution in [0.5, 0.6) is 28.7 Å². The third-order valence-corrected chi connectivity index (χ3v) is 8.59. The molecule has 0 fully saturated rings. The van der Waals surface area contributed by atoms with E-state index in [4.69, 9.17) is 23.7 Å². The minimum absolute atomic E-state index is 0.0536. The Bertz CT molecular complexity index is 2170. The van der Waals surface area contributed by atoms with E-state index < -0.39 is 0 Å². The first-order valence-corrected chi connectivity index (χ1v) is 14.5. The molecule has 2 aromatic heterocycles. The fourth-order valence-corrected chi connectivity index (χ4v) is 6.44. The highest BCUT2D eigenvalue weighted by Gasteiger charge is 2.33. The third kappa shape index (κ3) is 4.36. The molecule has 0 spiro atoms. The SMILES string of the molecule is COc1ccc2c(OCc3ccccc3-c3cc4cc([N+](=O)[O-])ccc4[nH]3)c3[n+](cc2c1OC)CCc1cc2c(cc1-3)OCO2. The Morgan fingerprint density at radius 2 is 1.76 bits per heavy atom. The van der Waals surface area contributed by atoms with Gasteiger partial charge in [0.1, 0.15) is 6.61 Å². The van der Waals surface area contributed by atoms with Crippen LogP contribution in [0.15, 0.2) is 79.0 Å². The molecule has 6 aromatic rings. The zero-order chi connectivity index (χ0) is 30.7. The number of nitro groups is 1. The molecule has 0 bridgehead atoms. The highest BCUT2D eigenvalue weighted by Crippen LogP contribution is 2.46. The summed E-state index contributed by atoms with van der Waals surface area (Å²) in [6.07, 6.45) is 2.92. The van der Waals surface area contributed by atoms with Crippen molar-refractivity contribution in [3.05, 3.63) is 100 Å². The molecule has 4 heterocycles. The van der Waals surface area contributed by atoms with E-state index in [0.717, 1.165) is 79.8 Å². The fourth-order valence-electron chi connectivity index (χ4n) is 6.44. The van der Waals surface area contributed by atoms with Gasteiger partial charge in [0.15, 0.2) is 41.5 Å². The summed E-state index contributed by atoms with van der Waals surface area (Å²) in [6.45, 7) is 1.21. The number of hydrogen-bond donors (Lipinski definition) is 1. The molecule has 2 aliphatic rings. The van der Waals surface area contributed by atoms with Gasteiger partial charge in [-0.1, -0.05) is 24.3 Å². The lowest BCUT2D eigenvalue weighted by Crippen LogP contribution is -2.40. The van der Waals surface area contributed by atoms with Crippen LogP contribution in [0, 0.1) is 10.1 Å². The van der Waals surface area contributed by atoms with E-state index in [-0.39, 0.29) is 24.0 Å². The molecule has 0 amide bonds. The number of aromatic nitrogens is 2. The van der Waals surface area contributed by atoms with Crippen LogP contribution in [0.1, 0.15) is 11.1 Å². The smallest absolute Gasteiger partial charge is 0.270 e. The molecule has 0 unspecified atom stereocenters. The van der Waals surface area contributed by atoms with Gasteiger partial charge < -0.3 is 28.7 Å². The molecule has 10 heteroatoms. The van der Waals surface area contributed by atoms with Crippen molar-refractivity contribution < 1.29 is 33.2 Å².